The van der Waals surface area contributed by atoms with Crippen molar-refractivity contribution >= 4 is 11.8 Å². The van der Waals surface area contributed by atoms with Crippen LogP contribution in [0.2, 0.25) is 0 Å². The van der Waals surface area contributed by atoms with Gasteiger partial charge in [0.2, 0.25) is 0 Å². The Morgan fingerprint density at radius 2 is 2.21 bits per heavy atom. The minimum Gasteiger partial charge on any atom is -0.487 e. The lowest BCUT2D eigenvalue weighted by molar-refractivity contribution is 0.0654. The van der Waals surface area contributed by atoms with Crippen molar-refractivity contribution in [1.82, 2.24) is 5.32 Å². The topological polar surface area (TPSA) is 21.3 Å². The van der Waals surface area contributed by atoms with E-state index >= 15 is 0 Å². The van der Waals surface area contributed by atoms with E-state index in [1.165, 1.54) is 23.5 Å². The van der Waals surface area contributed by atoms with Gasteiger partial charge in [0.25, 0.3) is 0 Å². The Kier molecular flexibility index (Phi) is 3.77. The van der Waals surface area contributed by atoms with Gasteiger partial charge in [-0.25, -0.2) is 0 Å². The summed E-state index contributed by atoms with van der Waals surface area (Å²) in [4.78, 5) is 0. The van der Waals surface area contributed by atoms with Gasteiger partial charge >= 0.3 is 0 Å². The molecule has 1 N–H and O–H groups in total. The molecule has 2 nitrogen and oxygen atoms in total. The SMILES string of the molecule is CC1(C)CC(NCC2CCSC2)c2ccccc2O1. The summed E-state index contributed by atoms with van der Waals surface area (Å²) in [5, 5.41) is 3.78. The molecule has 2 aliphatic rings. The molecule has 0 radical (unpaired) electrons. The molecule has 19 heavy (non-hydrogen) atoms. The van der Waals surface area contributed by atoms with E-state index in [1.54, 1.807) is 0 Å². The van der Waals surface area contributed by atoms with Crippen molar-refractivity contribution in [3.8, 4) is 5.75 Å². The maximum absolute atomic E-state index is 6.08. The quantitative estimate of drug-likeness (QED) is 0.911. The molecule has 0 saturated carbocycles. The van der Waals surface area contributed by atoms with Gasteiger partial charge in [0, 0.05) is 18.0 Å². The van der Waals surface area contributed by atoms with Crippen molar-refractivity contribution in [3.05, 3.63) is 29.8 Å². The summed E-state index contributed by atoms with van der Waals surface area (Å²) >= 11 is 2.09. The van der Waals surface area contributed by atoms with E-state index in [-0.39, 0.29) is 5.60 Å². The third-order valence-electron chi connectivity index (χ3n) is 4.05. The lowest BCUT2D eigenvalue weighted by Crippen LogP contribution is -2.40. The molecule has 0 aliphatic carbocycles. The lowest BCUT2D eigenvalue weighted by Gasteiger charge is -2.38. The van der Waals surface area contributed by atoms with Crippen LogP contribution in [0, 0.1) is 5.92 Å². The molecule has 2 unspecified atom stereocenters. The number of nitrogens with one attached hydrogen (secondary N) is 1. The fraction of sp³-hybridized carbons (Fsp3) is 0.625. The zero-order valence-corrected chi connectivity index (χ0v) is 12.6. The Bertz CT molecular complexity index is 440. The van der Waals surface area contributed by atoms with E-state index in [0.717, 1.165) is 24.6 Å². The molecular formula is C16H23NOS. The van der Waals surface area contributed by atoms with Gasteiger partial charge in [0.05, 0.1) is 0 Å². The first-order valence-corrected chi connectivity index (χ1v) is 8.39. The summed E-state index contributed by atoms with van der Waals surface area (Å²) in [7, 11) is 0. The smallest absolute Gasteiger partial charge is 0.124 e. The van der Waals surface area contributed by atoms with Gasteiger partial charge in [-0.15, -0.1) is 0 Å². The molecule has 1 fully saturated rings. The number of fused-ring (bicyclic) bond motifs is 1. The summed E-state index contributed by atoms with van der Waals surface area (Å²) in [6, 6.07) is 8.90. The molecule has 2 atom stereocenters. The van der Waals surface area contributed by atoms with E-state index in [4.69, 9.17) is 4.74 Å². The monoisotopic (exact) mass is 277 g/mol. The summed E-state index contributed by atoms with van der Waals surface area (Å²) in [6.45, 7) is 5.51. The maximum atomic E-state index is 6.08. The predicted octanol–water partition coefficient (Wildman–Crippen LogP) is 3.63. The average molecular weight is 277 g/mol. The van der Waals surface area contributed by atoms with Crippen LogP contribution in [0.1, 0.15) is 38.3 Å². The molecule has 0 bridgehead atoms. The summed E-state index contributed by atoms with van der Waals surface area (Å²) < 4.78 is 6.08. The van der Waals surface area contributed by atoms with Crippen molar-refractivity contribution < 1.29 is 4.74 Å². The van der Waals surface area contributed by atoms with Gasteiger partial charge in [-0.1, -0.05) is 18.2 Å². The Morgan fingerprint density at radius 1 is 1.37 bits per heavy atom. The van der Waals surface area contributed by atoms with Crippen LogP contribution in [-0.4, -0.2) is 23.7 Å². The number of rotatable bonds is 3. The fourth-order valence-electron chi connectivity index (χ4n) is 3.04. The van der Waals surface area contributed by atoms with Gasteiger partial charge in [-0.3, -0.25) is 0 Å². The number of ether oxygens (including phenoxy) is 1. The first-order chi connectivity index (χ1) is 9.14. The lowest BCUT2D eigenvalue weighted by atomic mass is 9.89. The van der Waals surface area contributed by atoms with Crippen molar-refractivity contribution in [2.45, 2.75) is 38.3 Å². The highest BCUT2D eigenvalue weighted by atomic mass is 32.2. The zero-order chi connectivity index (χ0) is 13.3. The third-order valence-corrected chi connectivity index (χ3v) is 5.28. The molecule has 0 spiro atoms. The molecule has 1 aromatic carbocycles. The Morgan fingerprint density at radius 3 is 3.00 bits per heavy atom. The molecule has 1 saturated heterocycles. The van der Waals surface area contributed by atoms with E-state index in [0.29, 0.717) is 6.04 Å². The minimum atomic E-state index is -0.0730. The highest BCUT2D eigenvalue weighted by molar-refractivity contribution is 7.99. The van der Waals surface area contributed by atoms with Crippen LogP contribution < -0.4 is 10.1 Å². The van der Waals surface area contributed by atoms with E-state index in [2.05, 4.69) is 55.2 Å². The second-order valence-corrected chi connectivity index (χ2v) is 7.44. The van der Waals surface area contributed by atoms with Gasteiger partial charge in [0.15, 0.2) is 0 Å². The van der Waals surface area contributed by atoms with Crippen LogP contribution in [0.4, 0.5) is 0 Å². The van der Waals surface area contributed by atoms with Crippen LogP contribution in [0.15, 0.2) is 24.3 Å². The standard InChI is InChI=1S/C16H23NOS/c1-16(2)9-14(17-10-12-7-8-19-11-12)13-5-3-4-6-15(13)18-16/h3-6,12,14,17H,7-11H2,1-2H3. The first kappa shape index (κ1) is 13.3. The first-order valence-electron chi connectivity index (χ1n) is 7.23. The second kappa shape index (κ2) is 5.37. The molecule has 0 aromatic heterocycles. The van der Waals surface area contributed by atoms with Crippen LogP contribution in [-0.2, 0) is 0 Å². The Hall–Kier alpha value is -0.670. The maximum Gasteiger partial charge on any atom is 0.124 e. The van der Waals surface area contributed by atoms with Crippen molar-refractivity contribution in [3.63, 3.8) is 0 Å². The number of thioether (sulfide) groups is 1. The van der Waals surface area contributed by atoms with E-state index < -0.39 is 0 Å². The van der Waals surface area contributed by atoms with Crippen molar-refractivity contribution in [2.24, 2.45) is 5.92 Å². The largest absolute Gasteiger partial charge is 0.487 e. The zero-order valence-electron chi connectivity index (χ0n) is 11.8. The summed E-state index contributed by atoms with van der Waals surface area (Å²) in [5.41, 5.74) is 1.25. The predicted molar refractivity (Wildman–Crippen MR) is 81.9 cm³/mol. The third kappa shape index (κ3) is 3.09. The van der Waals surface area contributed by atoms with Crippen LogP contribution in [0.3, 0.4) is 0 Å². The molecule has 2 aliphatic heterocycles. The molecule has 3 rings (SSSR count). The van der Waals surface area contributed by atoms with Gasteiger partial charge in [-0.05, 0) is 50.3 Å². The molecule has 104 valence electrons. The molecular weight excluding hydrogens is 254 g/mol. The van der Waals surface area contributed by atoms with Crippen molar-refractivity contribution in [2.75, 3.05) is 18.1 Å². The number of para-hydroxylation sites is 1. The summed E-state index contributed by atoms with van der Waals surface area (Å²) in [6.07, 6.45) is 2.41. The van der Waals surface area contributed by atoms with Gasteiger partial charge in [-0.2, -0.15) is 11.8 Å². The molecule has 2 heterocycles. The van der Waals surface area contributed by atoms with Crippen LogP contribution >= 0.6 is 11.8 Å². The van der Waals surface area contributed by atoms with E-state index in [1.807, 2.05) is 0 Å². The highest BCUT2D eigenvalue weighted by Gasteiger charge is 2.33. The number of hydrogen-bond acceptors (Lipinski definition) is 3. The number of benzene rings is 1. The second-order valence-electron chi connectivity index (χ2n) is 6.29. The summed E-state index contributed by atoms with van der Waals surface area (Å²) in [5.74, 6) is 4.56. The van der Waals surface area contributed by atoms with Crippen molar-refractivity contribution in [1.29, 1.82) is 0 Å². The Balaban J connectivity index is 1.72. The molecule has 1 aromatic rings. The van der Waals surface area contributed by atoms with E-state index in [9.17, 15) is 0 Å². The normalized spacial score (nSPS) is 28.7. The minimum absolute atomic E-state index is 0.0730. The van der Waals surface area contributed by atoms with Gasteiger partial charge in [0.1, 0.15) is 11.4 Å². The van der Waals surface area contributed by atoms with Crippen LogP contribution in [0.25, 0.3) is 0 Å². The Labute approximate surface area is 120 Å². The highest BCUT2D eigenvalue weighted by Crippen LogP contribution is 2.39. The molecule has 3 heteroatoms. The van der Waals surface area contributed by atoms with Gasteiger partial charge < -0.3 is 10.1 Å². The average Bonchev–Trinajstić information content (AvgIpc) is 2.87. The molecule has 0 amide bonds. The fourth-order valence-corrected chi connectivity index (χ4v) is 4.32. The van der Waals surface area contributed by atoms with Crippen LogP contribution in [0.5, 0.6) is 5.75 Å². The number of hydrogen-bond donors (Lipinski definition) is 1.